The summed E-state index contributed by atoms with van der Waals surface area (Å²) in [6, 6.07) is 12.6. The van der Waals surface area contributed by atoms with Gasteiger partial charge < -0.3 is 10.6 Å². The summed E-state index contributed by atoms with van der Waals surface area (Å²) in [5, 5.41) is 5.41. The number of hydrogen-bond acceptors (Lipinski definition) is 3. The summed E-state index contributed by atoms with van der Waals surface area (Å²) in [6.45, 7) is 0.248. The van der Waals surface area contributed by atoms with Crippen LogP contribution >= 0.6 is 0 Å². The van der Waals surface area contributed by atoms with Crippen LogP contribution in [-0.4, -0.2) is 29.3 Å². The first-order valence-electron chi connectivity index (χ1n) is 8.70. The standard InChI is InChI=1S/C20H19N3O3/c24-18-11-21-20(26)23(18)12-13-4-6-15(7-5-13)19(25)22-17-9-8-14-2-1-3-16(14)10-17/h4-10H,1-3,11-12H2,(H,21,26)(H,22,25). The van der Waals surface area contributed by atoms with Crippen molar-refractivity contribution in [1.82, 2.24) is 10.2 Å². The summed E-state index contributed by atoms with van der Waals surface area (Å²) < 4.78 is 0. The number of urea groups is 1. The molecule has 1 aliphatic heterocycles. The number of benzene rings is 2. The fourth-order valence-electron chi connectivity index (χ4n) is 3.41. The molecule has 1 saturated heterocycles. The Balaban J connectivity index is 1.42. The van der Waals surface area contributed by atoms with Crippen molar-refractivity contribution in [2.24, 2.45) is 0 Å². The molecular formula is C20H19N3O3. The number of aryl methyl sites for hydroxylation is 2. The smallest absolute Gasteiger partial charge is 0.324 e. The summed E-state index contributed by atoms with van der Waals surface area (Å²) in [6.07, 6.45) is 3.35. The first kappa shape index (κ1) is 16.3. The van der Waals surface area contributed by atoms with Gasteiger partial charge in [0.1, 0.15) is 0 Å². The zero-order chi connectivity index (χ0) is 18.1. The number of hydrogen-bond donors (Lipinski definition) is 2. The van der Waals surface area contributed by atoms with Gasteiger partial charge in [0.15, 0.2) is 0 Å². The second kappa shape index (κ2) is 6.63. The molecule has 26 heavy (non-hydrogen) atoms. The maximum atomic E-state index is 12.4. The van der Waals surface area contributed by atoms with Crippen LogP contribution in [-0.2, 0) is 24.2 Å². The fraction of sp³-hybridized carbons (Fsp3) is 0.250. The highest BCUT2D eigenvalue weighted by Crippen LogP contribution is 2.25. The van der Waals surface area contributed by atoms with Crippen LogP contribution in [0, 0.1) is 0 Å². The van der Waals surface area contributed by atoms with Crippen LogP contribution in [0.25, 0.3) is 0 Å². The highest BCUT2D eigenvalue weighted by molar-refractivity contribution is 6.04. The summed E-state index contributed by atoms with van der Waals surface area (Å²) in [4.78, 5) is 36.8. The van der Waals surface area contributed by atoms with E-state index in [0.717, 1.165) is 24.1 Å². The maximum absolute atomic E-state index is 12.4. The van der Waals surface area contributed by atoms with E-state index in [2.05, 4.69) is 16.7 Å². The van der Waals surface area contributed by atoms with Crippen LogP contribution < -0.4 is 10.6 Å². The first-order valence-corrected chi connectivity index (χ1v) is 8.70. The topological polar surface area (TPSA) is 78.5 Å². The normalized spacial score (nSPS) is 15.8. The van der Waals surface area contributed by atoms with Crippen LogP contribution in [0.4, 0.5) is 10.5 Å². The molecule has 4 rings (SSSR count). The third-order valence-corrected chi connectivity index (χ3v) is 4.85. The lowest BCUT2D eigenvalue weighted by molar-refractivity contribution is -0.125. The maximum Gasteiger partial charge on any atom is 0.324 e. The van der Waals surface area contributed by atoms with E-state index in [1.165, 1.54) is 22.4 Å². The number of nitrogens with zero attached hydrogens (tertiary/aromatic N) is 1. The second-order valence-corrected chi connectivity index (χ2v) is 6.63. The molecule has 1 aliphatic carbocycles. The Morgan fingerprint density at radius 2 is 1.81 bits per heavy atom. The number of imide groups is 1. The molecular weight excluding hydrogens is 330 g/mol. The Labute approximate surface area is 151 Å². The minimum absolute atomic E-state index is 0.0418. The van der Waals surface area contributed by atoms with Gasteiger partial charge in [-0.3, -0.25) is 14.5 Å². The van der Waals surface area contributed by atoms with E-state index >= 15 is 0 Å². The minimum Gasteiger partial charge on any atom is -0.329 e. The van der Waals surface area contributed by atoms with Crippen LogP contribution in [0.3, 0.4) is 0 Å². The van der Waals surface area contributed by atoms with Crippen molar-refractivity contribution in [3.05, 3.63) is 64.7 Å². The first-order chi connectivity index (χ1) is 12.6. The van der Waals surface area contributed by atoms with Crippen LogP contribution in [0.1, 0.15) is 33.5 Å². The number of carbonyl (C=O) groups is 3. The summed E-state index contributed by atoms with van der Waals surface area (Å²) >= 11 is 0. The molecule has 6 heteroatoms. The van der Waals surface area contributed by atoms with Crippen molar-refractivity contribution in [3.8, 4) is 0 Å². The predicted octanol–water partition coefficient (Wildman–Crippen LogP) is 2.48. The molecule has 2 aromatic carbocycles. The number of fused-ring (bicyclic) bond motifs is 1. The van der Waals surface area contributed by atoms with E-state index in [9.17, 15) is 14.4 Å². The molecule has 0 saturated carbocycles. The van der Waals surface area contributed by atoms with Crippen molar-refractivity contribution >= 4 is 23.5 Å². The van der Waals surface area contributed by atoms with Gasteiger partial charge in [-0.25, -0.2) is 4.79 Å². The van der Waals surface area contributed by atoms with E-state index in [4.69, 9.17) is 0 Å². The molecule has 0 aromatic heterocycles. The molecule has 132 valence electrons. The highest BCUT2D eigenvalue weighted by Gasteiger charge is 2.28. The molecule has 1 heterocycles. The van der Waals surface area contributed by atoms with Gasteiger partial charge in [-0.1, -0.05) is 18.2 Å². The lowest BCUT2D eigenvalue weighted by Crippen LogP contribution is -2.30. The Bertz CT molecular complexity index is 874. The Hall–Kier alpha value is -3.15. The number of rotatable bonds is 4. The van der Waals surface area contributed by atoms with E-state index in [-0.39, 0.29) is 30.9 Å². The Morgan fingerprint density at radius 1 is 1.04 bits per heavy atom. The predicted molar refractivity (Wildman–Crippen MR) is 96.8 cm³/mol. The summed E-state index contributed by atoms with van der Waals surface area (Å²) in [5.74, 6) is -0.419. The molecule has 6 nitrogen and oxygen atoms in total. The van der Waals surface area contributed by atoms with Gasteiger partial charge in [0.2, 0.25) is 5.91 Å². The van der Waals surface area contributed by atoms with Crippen LogP contribution in [0.5, 0.6) is 0 Å². The van der Waals surface area contributed by atoms with Gasteiger partial charge >= 0.3 is 6.03 Å². The molecule has 2 N–H and O–H groups in total. The third-order valence-electron chi connectivity index (χ3n) is 4.85. The number of anilines is 1. The average molecular weight is 349 g/mol. The lowest BCUT2D eigenvalue weighted by atomic mass is 10.1. The van der Waals surface area contributed by atoms with E-state index in [1.807, 2.05) is 12.1 Å². The Morgan fingerprint density at radius 3 is 2.54 bits per heavy atom. The fourth-order valence-corrected chi connectivity index (χ4v) is 3.41. The lowest BCUT2D eigenvalue weighted by Gasteiger charge is -2.12. The largest absolute Gasteiger partial charge is 0.329 e. The molecule has 0 atom stereocenters. The van der Waals surface area contributed by atoms with Gasteiger partial charge in [-0.05, 0) is 60.2 Å². The minimum atomic E-state index is -0.381. The number of carbonyl (C=O) groups excluding carboxylic acids is 3. The van der Waals surface area contributed by atoms with Gasteiger partial charge in [0, 0.05) is 11.3 Å². The molecule has 2 aliphatic rings. The highest BCUT2D eigenvalue weighted by atomic mass is 16.2. The molecule has 0 spiro atoms. The summed E-state index contributed by atoms with van der Waals surface area (Å²) in [7, 11) is 0. The molecule has 0 unspecified atom stereocenters. The van der Waals surface area contributed by atoms with Crippen molar-refractivity contribution in [1.29, 1.82) is 0 Å². The zero-order valence-electron chi connectivity index (χ0n) is 14.2. The molecule has 4 amide bonds. The van der Waals surface area contributed by atoms with Gasteiger partial charge in [0.25, 0.3) is 5.91 Å². The monoisotopic (exact) mass is 349 g/mol. The van der Waals surface area contributed by atoms with E-state index < -0.39 is 0 Å². The van der Waals surface area contributed by atoms with E-state index in [0.29, 0.717) is 5.56 Å². The molecule has 2 aromatic rings. The number of nitrogens with one attached hydrogen (secondary N) is 2. The third kappa shape index (κ3) is 3.18. The molecule has 0 bridgehead atoms. The molecule has 0 radical (unpaired) electrons. The van der Waals surface area contributed by atoms with Crippen molar-refractivity contribution in [2.45, 2.75) is 25.8 Å². The summed E-state index contributed by atoms with van der Waals surface area (Å²) in [5.41, 5.74) is 4.81. The quantitative estimate of drug-likeness (QED) is 0.833. The second-order valence-electron chi connectivity index (χ2n) is 6.63. The zero-order valence-corrected chi connectivity index (χ0v) is 14.2. The molecule has 1 fully saturated rings. The van der Waals surface area contributed by atoms with E-state index in [1.54, 1.807) is 24.3 Å². The SMILES string of the molecule is O=C(Nc1ccc2c(c1)CCC2)c1ccc(CN2C(=O)CNC2=O)cc1. The van der Waals surface area contributed by atoms with Gasteiger partial charge in [0.05, 0.1) is 13.1 Å². The van der Waals surface area contributed by atoms with Crippen LogP contribution in [0.15, 0.2) is 42.5 Å². The number of amides is 4. The Kier molecular flexibility index (Phi) is 4.16. The van der Waals surface area contributed by atoms with Gasteiger partial charge in [-0.15, -0.1) is 0 Å². The van der Waals surface area contributed by atoms with Crippen molar-refractivity contribution in [2.75, 3.05) is 11.9 Å². The van der Waals surface area contributed by atoms with Gasteiger partial charge in [-0.2, -0.15) is 0 Å². The van der Waals surface area contributed by atoms with Crippen molar-refractivity contribution < 1.29 is 14.4 Å². The average Bonchev–Trinajstić information content (AvgIpc) is 3.23. The van der Waals surface area contributed by atoms with Crippen molar-refractivity contribution in [3.63, 3.8) is 0 Å². The van der Waals surface area contributed by atoms with Crippen LogP contribution in [0.2, 0.25) is 0 Å².